The topological polar surface area (TPSA) is 98.8 Å². The molecule has 0 aromatic heterocycles. The molecule has 2 N–H and O–H groups in total. The first kappa shape index (κ1) is 26.1. The minimum Gasteiger partial charge on any atom is -0.370 e. The van der Waals surface area contributed by atoms with Gasteiger partial charge in [0.15, 0.2) is 0 Å². The highest BCUT2D eigenvalue weighted by molar-refractivity contribution is 7.94. The van der Waals surface area contributed by atoms with Crippen LogP contribution in [0.1, 0.15) is 6.42 Å². The normalized spacial score (nSPS) is 14.8. The van der Waals surface area contributed by atoms with Gasteiger partial charge < -0.3 is 10.2 Å². The molecule has 0 saturated carbocycles. The van der Waals surface area contributed by atoms with Gasteiger partial charge in [0.2, 0.25) is 0 Å². The summed E-state index contributed by atoms with van der Waals surface area (Å²) in [7, 11) is -8.79. The Morgan fingerprint density at radius 3 is 2.22 bits per heavy atom. The molecular formula is C23H23ClF2N4O4S2. The second-order valence-corrected chi connectivity index (χ2v) is 12.0. The van der Waals surface area contributed by atoms with Gasteiger partial charge in [-0.3, -0.25) is 4.72 Å². The van der Waals surface area contributed by atoms with Crippen molar-refractivity contribution in [3.63, 3.8) is 0 Å². The van der Waals surface area contributed by atoms with Crippen LogP contribution in [-0.4, -0.2) is 43.0 Å². The Morgan fingerprint density at radius 1 is 0.861 bits per heavy atom. The number of halogens is 3. The van der Waals surface area contributed by atoms with Crippen LogP contribution in [0.2, 0.25) is 0 Å². The Balaban J connectivity index is 1.79. The number of nitrogens with one attached hydrogen (secondary N) is 2. The van der Waals surface area contributed by atoms with Gasteiger partial charge in [-0.1, -0.05) is 12.1 Å². The first-order valence-corrected chi connectivity index (χ1v) is 14.2. The standard InChI is InChI=1S/C23H23ClF2N4O4S2/c24-30(36(33,34)21-7-2-5-18(26)15-21)23-9-8-19(29-12-3-10-27-11-13-29)16-22(23)28-35(31,32)20-6-1-4-17(25)14-20/h1-2,4-9,14-16,27-28H,3,10-13H2. The monoisotopic (exact) mass is 556 g/mol. The summed E-state index contributed by atoms with van der Waals surface area (Å²) in [4.78, 5) is 1.25. The first-order valence-electron chi connectivity index (χ1n) is 10.9. The molecule has 8 nitrogen and oxygen atoms in total. The Morgan fingerprint density at radius 2 is 1.53 bits per heavy atom. The van der Waals surface area contributed by atoms with Gasteiger partial charge in [-0.15, -0.1) is 0 Å². The molecule has 0 unspecified atom stereocenters. The van der Waals surface area contributed by atoms with Gasteiger partial charge >= 0.3 is 0 Å². The molecule has 3 aromatic carbocycles. The molecule has 1 saturated heterocycles. The average Bonchev–Trinajstić information content (AvgIpc) is 3.13. The maximum absolute atomic E-state index is 13.7. The zero-order chi connectivity index (χ0) is 25.9. The van der Waals surface area contributed by atoms with Crippen LogP contribution >= 0.6 is 11.8 Å². The van der Waals surface area contributed by atoms with Crippen LogP contribution in [0.3, 0.4) is 0 Å². The van der Waals surface area contributed by atoms with Gasteiger partial charge in [0.1, 0.15) is 11.6 Å². The molecule has 4 rings (SSSR count). The first-order chi connectivity index (χ1) is 17.1. The maximum atomic E-state index is 13.7. The third-order valence-corrected chi connectivity index (χ3v) is 9.09. The predicted molar refractivity (Wildman–Crippen MR) is 135 cm³/mol. The van der Waals surface area contributed by atoms with E-state index in [0.717, 1.165) is 37.2 Å². The number of rotatable bonds is 7. The average molecular weight is 557 g/mol. The number of benzene rings is 3. The summed E-state index contributed by atoms with van der Waals surface area (Å²) in [6.45, 7) is 2.87. The van der Waals surface area contributed by atoms with Gasteiger partial charge in [-0.05, 0) is 67.6 Å². The van der Waals surface area contributed by atoms with Crippen LogP contribution in [0.15, 0.2) is 76.5 Å². The van der Waals surface area contributed by atoms with Crippen LogP contribution in [0, 0.1) is 11.6 Å². The van der Waals surface area contributed by atoms with E-state index in [1.807, 2.05) is 4.90 Å². The van der Waals surface area contributed by atoms with Crippen LogP contribution in [-0.2, 0) is 20.0 Å². The predicted octanol–water partition coefficient (Wildman–Crippen LogP) is 3.91. The fourth-order valence-electron chi connectivity index (χ4n) is 3.75. The van der Waals surface area contributed by atoms with Crippen molar-refractivity contribution in [1.29, 1.82) is 0 Å². The molecule has 0 bridgehead atoms. The fraction of sp³-hybridized carbons (Fsp3) is 0.217. The van der Waals surface area contributed by atoms with Gasteiger partial charge in [-0.25, -0.2) is 17.2 Å². The van der Waals surface area contributed by atoms with E-state index in [0.29, 0.717) is 29.1 Å². The van der Waals surface area contributed by atoms with Crippen molar-refractivity contribution in [2.45, 2.75) is 16.2 Å². The van der Waals surface area contributed by atoms with Crippen molar-refractivity contribution >= 4 is 48.9 Å². The van der Waals surface area contributed by atoms with E-state index in [-0.39, 0.29) is 16.3 Å². The highest BCUT2D eigenvalue weighted by Gasteiger charge is 2.28. The smallest absolute Gasteiger partial charge is 0.278 e. The summed E-state index contributed by atoms with van der Waals surface area (Å²) in [6.07, 6.45) is 0.849. The van der Waals surface area contributed by atoms with E-state index < -0.39 is 36.6 Å². The van der Waals surface area contributed by atoms with Gasteiger partial charge in [0.05, 0.1) is 21.2 Å². The Kier molecular flexibility index (Phi) is 7.69. The highest BCUT2D eigenvalue weighted by Crippen LogP contribution is 2.37. The molecule has 0 spiro atoms. The van der Waals surface area contributed by atoms with Crippen LogP contribution in [0.4, 0.5) is 25.8 Å². The number of nitrogens with zero attached hydrogens (tertiary/aromatic N) is 2. The lowest BCUT2D eigenvalue weighted by Crippen LogP contribution is -2.28. The van der Waals surface area contributed by atoms with E-state index >= 15 is 0 Å². The third kappa shape index (κ3) is 5.72. The summed E-state index contributed by atoms with van der Waals surface area (Å²) >= 11 is 6.26. The van der Waals surface area contributed by atoms with Crippen LogP contribution < -0.4 is 18.8 Å². The highest BCUT2D eigenvalue weighted by atomic mass is 35.5. The van der Waals surface area contributed by atoms with E-state index in [1.165, 1.54) is 36.4 Å². The van der Waals surface area contributed by atoms with Crippen molar-refractivity contribution < 1.29 is 25.6 Å². The summed E-state index contributed by atoms with van der Waals surface area (Å²) in [5.74, 6) is -1.53. The summed E-state index contributed by atoms with van der Waals surface area (Å²) in [6, 6.07) is 13.1. The van der Waals surface area contributed by atoms with Gasteiger partial charge in [0, 0.05) is 37.1 Å². The van der Waals surface area contributed by atoms with E-state index in [9.17, 15) is 25.6 Å². The number of sulfonamides is 2. The molecule has 192 valence electrons. The molecule has 1 heterocycles. The summed E-state index contributed by atoms with van der Waals surface area (Å²) in [5.41, 5.74) is 0.272. The second kappa shape index (κ2) is 10.6. The molecule has 0 radical (unpaired) electrons. The quantitative estimate of drug-likeness (QED) is 0.428. The van der Waals surface area contributed by atoms with Gasteiger partial charge in [-0.2, -0.15) is 12.2 Å². The van der Waals surface area contributed by atoms with Crippen LogP contribution in [0.25, 0.3) is 0 Å². The zero-order valence-electron chi connectivity index (χ0n) is 18.9. The van der Waals surface area contributed by atoms with Crippen molar-refractivity contribution in [3.8, 4) is 0 Å². The molecule has 0 atom stereocenters. The Hall–Kier alpha value is -2.93. The van der Waals surface area contributed by atoms with Crippen molar-refractivity contribution in [3.05, 3.63) is 78.4 Å². The third-order valence-electron chi connectivity index (χ3n) is 5.53. The SMILES string of the molecule is O=S(=O)(Nc1cc(N2CCCNCC2)ccc1N(Cl)S(=O)(=O)c1cccc(F)c1)c1cccc(F)c1. The Bertz CT molecular complexity index is 1460. The molecule has 1 aliphatic rings. The summed E-state index contributed by atoms with van der Waals surface area (Å²) in [5, 5.41) is 3.27. The molecule has 13 heteroatoms. The Labute approximate surface area is 213 Å². The zero-order valence-corrected chi connectivity index (χ0v) is 21.3. The lowest BCUT2D eigenvalue weighted by atomic mass is 10.2. The minimum absolute atomic E-state index is 0.149. The fourth-order valence-corrected chi connectivity index (χ4v) is 6.35. The second-order valence-electron chi connectivity index (χ2n) is 8.03. The molecule has 0 amide bonds. The molecule has 1 aliphatic heterocycles. The lowest BCUT2D eigenvalue weighted by Gasteiger charge is -2.26. The maximum Gasteiger partial charge on any atom is 0.278 e. The van der Waals surface area contributed by atoms with Crippen molar-refractivity contribution in [1.82, 2.24) is 5.32 Å². The minimum atomic E-state index is -4.47. The van der Waals surface area contributed by atoms with E-state index in [2.05, 4.69) is 10.0 Å². The van der Waals surface area contributed by atoms with Crippen molar-refractivity contribution in [2.75, 3.05) is 39.6 Å². The van der Waals surface area contributed by atoms with Crippen molar-refractivity contribution in [2.24, 2.45) is 0 Å². The largest absolute Gasteiger partial charge is 0.370 e. The number of hydrogen-bond donors (Lipinski definition) is 2. The molecule has 0 aliphatic carbocycles. The number of anilines is 3. The van der Waals surface area contributed by atoms with Gasteiger partial charge in [0.25, 0.3) is 20.0 Å². The van der Waals surface area contributed by atoms with E-state index in [4.69, 9.17) is 11.8 Å². The molecule has 1 fully saturated rings. The lowest BCUT2D eigenvalue weighted by molar-refractivity contribution is 0.592. The molecule has 36 heavy (non-hydrogen) atoms. The van der Waals surface area contributed by atoms with Crippen LogP contribution in [0.5, 0.6) is 0 Å². The molecule has 3 aromatic rings. The summed E-state index contributed by atoms with van der Waals surface area (Å²) < 4.78 is 82.5. The number of hydrogen-bond acceptors (Lipinski definition) is 6. The molecular weight excluding hydrogens is 534 g/mol. The van der Waals surface area contributed by atoms with E-state index in [1.54, 1.807) is 6.07 Å².